The van der Waals surface area contributed by atoms with Crippen molar-refractivity contribution in [3.8, 4) is 6.07 Å². The van der Waals surface area contributed by atoms with Gasteiger partial charge in [0.05, 0.1) is 0 Å². The first-order chi connectivity index (χ1) is 9.97. The third-order valence-electron chi connectivity index (χ3n) is 2.89. The molecule has 1 N–H and O–H groups in total. The van der Waals surface area contributed by atoms with Gasteiger partial charge in [-0.05, 0) is 56.2 Å². The largest absolute Gasteiger partial charge is 0.462 e. The van der Waals surface area contributed by atoms with Crippen molar-refractivity contribution in [2.24, 2.45) is 0 Å². The summed E-state index contributed by atoms with van der Waals surface area (Å²) in [6.45, 7) is 5.71. The van der Waals surface area contributed by atoms with E-state index in [-0.39, 0.29) is 5.57 Å². The Morgan fingerprint density at radius 1 is 1.19 bits per heavy atom. The maximum atomic E-state index is 12.1. The average Bonchev–Trinajstić information content (AvgIpc) is 2.80. The van der Waals surface area contributed by atoms with Gasteiger partial charge >= 0.3 is 0 Å². The zero-order chi connectivity index (χ0) is 15.4. The Balaban J connectivity index is 2.21. The van der Waals surface area contributed by atoms with E-state index in [0.29, 0.717) is 11.4 Å². The lowest BCUT2D eigenvalue weighted by atomic mass is 10.1. The highest BCUT2D eigenvalue weighted by atomic mass is 16.3. The Hall–Kier alpha value is -2.80. The first-order valence-corrected chi connectivity index (χ1v) is 6.56. The van der Waals surface area contributed by atoms with Crippen LogP contribution in [0.25, 0.3) is 6.08 Å². The minimum absolute atomic E-state index is 0.00325. The minimum Gasteiger partial charge on any atom is -0.462 e. The van der Waals surface area contributed by atoms with Gasteiger partial charge in [-0.1, -0.05) is 6.07 Å². The molecule has 1 aromatic carbocycles. The van der Waals surface area contributed by atoms with E-state index in [1.165, 1.54) is 6.08 Å². The van der Waals surface area contributed by atoms with Crippen LogP contribution >= 0.6 is 0 Å². The van der Waals surface area contributed by atoms with E-state index in [0.717, 1.165) is 16.9 Å². The number of anilines is 1. The molecule has 1 amide bonds. The van der Waals surface area contributed by atoms with E-state index in [9.17, 15) is 4.79 Å². The molecule has 2 aromatic rings. The summed E-state index contributed by atoms with van der Waals surface area (Å²) in [5.74, 6) is 0.768. The fraction of sp³-hybridized carbons (Fsp3) is 0.176. The molecule has 0 fully saturated rings. The molecule has 2 rings (SSSR count). The van der Waals surface area contributed by atoms with Crippen molar-refractivity contribution in [1.82, 2.24) is 0 Å². The second-order valence-electron chi connectivity index (χ2n) is 4.95. The molecular weight excluding hydrogens is 264 g/mol. The molecule has 0 aliphatic heterocycles. The highest BCUT2D eigenvalue weighted by molar-refractivity contribution is 6.09. The molecule has 4 heteroatoms. The topological polar surface area (TPSA) is 66.0 Å². The predicted octanol–water partition coefficient (Wildman–Crippen LogP) is 3.75. The Morgan fingerprint density at radius 2 is 1.86 bits per heavy atom. The standard InChI is InChI=1S/C17H16N2O2/c1-11-6-12(2)8-15(7-11)19-17(20)14(10-18)9-16-5-4-13(3)21-16/h4-9H,1-3H3,(H,19,20). The van der Waals surface area contributed by atoms with E-state index in [2.05, 4.69) is 5.32 Å². The van der Waals surface area contributed by atoms with E-state index >= 15 is 0 Å². The normalized spacial score (nSPS) is 11.0. The van der Waals surface area contributed by atoms with Gasteiger partial charge in [-0.3, -0.25) is 4.79 Å². The number of hydrogen-bond donors (Lipinski definition) is 1. The first kappa shape index (κ1) is 14.6. The Morgan fingerprint density at radius 3 is 2.38 bits per heavy atom. The van der Waals surface area contributed by atoms with E-state index in [4.69, 9.17) is 9.68 Å². The molecule has 0 unspecified atom stereocenters. The molecule has 106 valence electrons. The van der Waals surface area contributed by atoms with Crippen LogP contribution in [0.1, 0.15) is 22.6 Å². The van der Waals surface area contributed by atoms with Crippen molar-refractivity contribution < 1.29 is 9.21 Å². The Labute approximate surface area is 123 Å². The number of nitrogens with one attached hydrogen (secondary N) is 1. The molecule has 0 bridgehead atoms. The molecule has 0 saturated carbocycles. The van der Waals surface area contributed by atoms with Gasteiger partial charge in [0.15, 0.2) is 0 Å². The van der Waals surface area contributed by atoms with Crippen LogP contribution in [0.3, 0.4) is 0 Å². The molecule has 0 aliphatic carbocycles. The maximum Gasteiger partial charge on any atom is 0.266 e. The van der Waals surface area contributed by atoms with Crippen LogP contribution in [-0.2, 0) is 4.79 Å². The van der Waals surface area contributed by atoms with Gasteiger partial charge in [0.2, 0.25) is 0 Å². The van der Waals surface area contributed by atoms with Crippen molar-refractivity contribution >= 4 is 17.7 Å². The number of nitrogens with zero attached hydrogens (tertiary/aromatic N) is 1. The number of rotatable bonds is 3. The third-order valence-corrected chi connectivity index (χ3v) is 2.89. The zero-order valence-corrected chi connectivity index (χ0v) is 12.2. The molecule has 0 radical (unpaired) electrons. The summed E-state index contributed by atoms with van der Waals surface area (Å²) < 4.78 is 5.35. The van der Waals surface area contributed by atoms with Crippen LogP contribution < -0.4 is 5.32 Å². The molecule has 1 heterocycles. The zero-order valence-electron chi connectivity index (χ0n) is 12.2. The predicted molar refractivity (Wildman–Crippen MR) is 81.6 cm³/mol. The number of hydrogen-bond acceptors (Lipinski definition) is 3. The maximum absolute atomic E-state index is 12.1. The SMILES string of the molecule is Cc1cc(C)cc(NC(=O)C(C#N)=Cc2ccc(C)o2)c1. The molecule has 0 atom stereocenters. The summed E-state index contributed by atoms with van der Waals surface area (Å²) >= 11 is 0. The summed E-state index contributed by atoms with van der Waals surface area (Å²) in [7, 11) is 0. The monoisotopic (exact) mass is 280 g/mol. The number of benzene rings is 1. The number of amides is 1. The smallest absolute Gasteiger partial charge is 0.266 e. The van der Waals surface area contributed by atoms with Gasteiger partial charge in [-0.2, -0.15) is 5.26 Å². The van der Waals surface area contributed by atoms with Gasteiger partial charge in [0.25, 0.3) is 5.91 Å². The van der Waals surface area contributed by atoms with Gasteiger partial charge < -0.3 is 9.73 Å². The van der Waals surface area contributed by atoms with Gasteiger partial charge in [0.1, 0.15) is 23.2 Å². The lowest BCUT2D eigenvalue weighted by Crippen LogP contribution is -2.13. The Bertz CT molecular complexity index is 728. The van der Waals surface area contributed by atoms with Crippen LogP contribution in [0.15, 0.2) is 40.3 Å². The number of carbonyl (C=O) groups excluding carboxylic acids is 1. The molecule has 0 saturated heterocycles. The fourth-order valence-electron chi connectivity index (χ4n) is 2.07. The molecule has 1 aromatic heterocycles. The number of nitriles is 1. The number of carbonyl (C=O) groups is 1. The van der Waals surface area contributed by atoms with Crippen molar-refractivity contribution in [3.05, 3.63) is 58.6 Å². The van der Waals surface area contributed by atoms with Crippen LogP contribution in [0, 0.1) is 32.1 Å². The summed E-state index contributed by atoms with van der Waals surface area (Å²) in [4.78, 5) is 12.1. The van der Waals surface area contributed by atoms with Gasteiger partial charge in [0, 0.05) is 11.8 Å². The van der Waals surface area contributed by atoms with Gasteiger partial charge in [-0.25, -0.2) is 0 Å². The summed E-state index contributed by atoms with van der Waals surface area (Å²) in [6.07, 6.45) is 1.44. The van der Waals surface area contributed by atoms with Crippen molar-refractivity contribution in [2.45, 2.75) is 20.8 Å². The molecular formula is C17H16N2O2. The lowest BCUT2D eigenvalue weighted by Gasteiger charge is -2.06. The van der Waals surface area contributed by atoms with E-state index in [1.54, 1.807) is 19.1 Å². The summed E-state index contributed by atoms with van der Waals surface area (Å²) in [5.41, 5.74) is 2.78. The second kappa shape index (κ2) is 6.10. The molecule has 4 nitrogen and oxygen atoms in total. The molecule has 0 aliphatic rings. The van der Waals surface area contributed by atoms with E-state index in [1.807, 2.05) is 38.1 Å². The fourth-order valence-corrected chi connectivity index (χ4v) is 2.07. The van der Waals surface area contributed by atoms with Crippen molar-refractivity contribution in [1.29, 1.82) is 5.26 Å². The number of furan rings is 1. The van der Waals surface area contributed by atoms with E-state index < -0.39 is 5.91 Å². The number of aryl methyl sites for hydroxylation is 3. The highest BCUT2D eigenvalue weighted by Crippen LogP contribution is 2.16. The van der Waals surface area contributed by atoms with Crippen LogP contribution in [-0.4, -0.2) is 5.91 Å². The van der Waals surface area contributed by atoms with Crippen molar-refractivity contribution in [2.75, 3.05) is 5.32 Å². The van der Waals surface area contributed by atoms with Crippen LogP contribution in [0.5, 0.6) is 0 Å². The van der Waals surface area contributed by atoms with Crippen molar-refractivity contribution in [3.63, 3.8) is 0 Å². The summed E-state index contributed by atoms with van der Waals surface area (Å²) in [6, 6.07) is 11.1. The summed E-state index contributed by atoms with van der Waals surface area (Å²) in [5, 5.41) is 11.9. The first-order valence-electron chi connectivity index (χ1n) is 6.56. The van der Waals surface area contributed by atoms with Gasteiger partial charge in [-0.15, -0.1) is 0 Å². The third kappa shape index (κ3) is 3.83. The highest BCUT2D eigenvalue weighted by Gasteiger charge is 2.11. The molecule has 0 spiro atoms. The second-order valence-corrected chi connectivity index (χ2v) is 4.95. The minimum atomic E-state index is -0.448. The average molecular weight is 280 g/mol. The van der Waals surface area contributed by atoms with Crippen LogP contribution in [0.4, 0.5) is 5.69 Å². The Kier molecular flexibility index (Phi) is 4.24. The molecule has 21 heavy (non-hydrogen) atoms. The quantitative estimate of drug-likeness (QED) is 0.687. The van der Waals surface area contributed by atoms with Crippen LogP contribution in [0.2, 0.25) is 0 Å². The lowest BCUT2D eigenvalue weighted by molar-refractivity contribution is -0.112.